The molecule has 3 aromatic rings. The largest absolute Gasteiger partial charge is 0.507 e. The molecule has 0 saturated heterocycles. The van der Waals surface area contributed by atoms with E-state index in [1.54, 1.807) is 6.08 Å². The molecule has 0 aliphatic carbocycles. The van der Waals surface area contributed by atoms with Crippen LogP contribution in [0.25, 0.3) is 6.08 Å². The van der Waals surface area contributed by atoms with Gasteiger partial charge in [0.25, 0.3) is 8.32 Å². The van der Waals surface area contributed by atoms with E-state index in [0.29, 0.717) is 29.7 Å². The molecule has 0 heterocycles. The van der Waals surface area contributed by atoms with Gasteiger partial charge in [-0.15, -0.1) is 0 Å². The van der Waals surface area contributed by atoms with E-state index < -0.39 is 14.4 Å². The van der Waals surface area contributed by atoms with Gasteiger partial charge in [-0.2, -0.15) is 0 Å². The molecule has 1 unspecified atom stereocenters. The summed E-state index contributed by atoms with van der Waals surface area (Å²) in [4.78, 5) is 0. The molecular weight excluding hydrogens is 536 g/mol. The van der Waals surface area contributed by atoms with E-state index in [2.05, 4.69) is 88.9 Å². The van der Waals surface area contributed by atoms with Gasteiger partial charge in [-0.25, -0.2) is 0 Å². The van der Waals surface area contributed by atoms with Gasteiger partial charge in [0.05, 0.1) is 19.3 Å². The molecule has 4 nitrogen and oxygen atoms in total. The molecule has 3 rings (SSSR count). The zero-order chi connectivity index (χ0) is 30.9. The highest BCUT2D eigenvalue weighted by Gasteiger charge is 2.50. The number of aryl methyl sites for hydroxylation is 2. The second-order valence-electron chi connectivity index (χ2n) is 12.1. The Morgan fingerprint density at radius 2 is 1.48 bits per heavy atom. The second-order valence-corrected chi connectivity index (χ2v) is 16.4. The predicted octanol–water partition coefficient (Wildman–Crippen LogP) is 7.00. The minimum atomic E-state index is -2.77. The number of aromatic hydroxyl groups is 1. The van der Waals surface area contributed by atoms with Gasteiger partial charge in [0.1, 0.15) is 5.75 Å². The molecule has 3 N–H and O–H groups in total. The minimum Gasteiger partial charge on any atom is -0.507 e. The van der Waals surface area contributed by atoms with E-state index in [9.17, 15) is 15.3 Å². The fourth-order valence-corrected chi connectivity index (χ4v) is 10.3. The van der Waals surface area contributed by atoms with Crippen molar-refractivity contribution in [1.29, 1.82) is 0 Å². The normalized spacial score (nSPS) is 13.7. The van der Waals surface area contributed by atoms with Crippen LogP contribution in [0.1, 0.15) is 63.6 Å². The van der Waals surface area contributed by atoms with Crippen LogP contribution in [-0.4, -0.2) is 43.0 Å². The first-order valence-corrected chi connectivity index (χ1v) is 16.8. The van der Waals surface area contributed by atoms with Crippen LogP contribution in [0.4, 0.5) is 0 Å². The van der Waals surface area contributed by atoms with Gasteiger partial charge in [-0.05, 0) is 88.5 Å². The first kappa shape index (κ1) is 33.3. The highest BCUT2D eigenvalue weighted by Crippen LogP contribution is 2.37. The number of aliphatic hydroxyl groups excluding tert-OH is 2. The van der Waals surface area contributed by atoms with Crippen LogP contribution in [0.5, 0.6) is 5.75 Å². The van der Waals surface area contributed by atoms with Crippen LogP contribution in [0.3, 0.4) is 0 Å². The summed E-state index contributed by atoms with van der Waals surface area (Å²) in [7, 11) is -2.77. The van der Waals surface area contributed by atoms with Gasteiger partial charge >= 0.3 is 0 Å². The summed E-state index contributed by atoms with van der Waals surface area (Å²) in [5, 5.41) is 33.5. The van der Waals surface area contributed by atoms with Crippen molar-refractivity contribution in [2.75, 3.05) is 13.2 Å². The average Bonchev–Trinajstić information content (AvgIpc) is 2.97. The number of hydrogen-bond donors (Lipinski definition) is 3. The molecule has 0 aromatic heterocycles. The summed E-state index contributed by atoms with van der Waals surface area (Å²) < 4.78 is 7.04. The lowest BCUT2D eigenvalue weighted by Crippen LogP contribution is -2.66. The number of aliphatic hydroxyl groups is 2. The summed E-state index contributed by atoms with van der Waals surface area (Å²) in [5.41, 5.74) is 5.25. The summed E-state index contributed by atoms with van der Waals surface area (Å²) in [5.74, 6) is 0.332. The number of phenols is 1. The van der Waals surface area contributed by atoms with Gasteiger partial charge < -0.3 is 19.7 Å². The van der Waals surface area contributed by atoms with Crippen molar-refractivity contribution in [3.63, 3.8) is 0 Å². The van der Waals surface area contributed by atoms with E-state index in [0.717, 1.165) is 23.1 Å². The van der Waals surface area contributed by atoms with Gasteiger partial charge in [-0.3, -0.25) is 0 Å². The predicted molar refractivity (Wildman–Crippen MR) is 179 cm³/mol. The Morgan fingerprint density at radius 1 is 0.952 bits per heavy atom. The average molecular weight is 585 g/mol. The lowest BCUT2D eigenvalue weighted by molar-refractivity contribution is 0.198. The van der Waals surface area contributed by atoms with Gasteiger partial charge in [0.15, 0.2) is 0 Å². The summed E-state index contributed by atoms with van der Waals surface area (Å²) >= 11 is 0. The monoisotopic (exact) mass is 584 g/mol. The molecule has 0 fully saturated rings. The Labute approximate surface area is 253 Å². The van der Waals surface area contributed by atoms with Crippen molar-refractivity contribution >= 4 is 24.8 Å². The number of allylic oxidation sites excluding steroid dienone is 1. The van der Waals surface area contributed by atoms with Crippen molar-refractivity contribution in [3.05, 3.63) is 119 Å². The van der Waals surface area contributed by atoms with Crippen molar-refractivity contribution < 1.29 is 19.7 Å². The van der Waals surface area contributed by atoms with Crippen LogP contribution in [0.2, 0.25) is 5.04 Å². The molecule has 0 saturated carbocycles. The first-order valence-electron chi connectivity index (χ1n) is 14.9. The maximum Gasteiger partial charge on any atom is 0.261 e. The molecule has 0 bridgehead atoms. The molecule has 0 spiro atoms. The van der Waals surface area contributed by atoms with Crippen molar-refractivity contribution in [2.24, 2.45) is 0 Å². The van der Waals surface area contributed by atoms with Crippen molar-refractivity contribution in [1.82, 2.24) is 0 Å². The fraction of sp³-hybridized carbons (Fsp3) is 0.351. The van der Waals surface area contributed by atoms with E-state index in [1.165, 1.54) is 15.9 Å². The molecule has 42 heavy (non-hydrogen) atoms. The van der Waals surface area contributed by atoms with Crippen molar-refractivity contribution in [3.8, 4) is 5.75 Å². The van der Waals surface area contributed by atoms with Gasteiger partial charge in [0, 0.05) is 0 Å². The highest BCUT2D eigenvalue weighted by molar-refractivity contribution is 6.99. The molecule has 5 heteroatoms. The molecule has 1 atom stereocenters. The Hall–Kier alpha value is -3.22. The maximum atomic E-state index is 11.3. The van der Waals surface area contributed by atoms with Crippen LogP contribution >= 0.6 is 0 Å². The topological polar surface area (TPSA) is 69.9 Å². The SMILES string of the molecule is C=C(CO[Si](c1ccccc1)(c1ccccc1)C(C)(C)C)/C(=C/CO)C(O)CC/C(=C/c1cc(C)c(O)c(C)c1)CC. The molecule has 0 radical (unpaired) electrons. The van der Waals surface area contributed by atoms with Gasteiger partial charge in [0.2, 0.25) is 0 Å². The lowest BCUT2D eigenvalue weighted by atomic mass is 9.94. The Kier molecular flexibility index (Phi) is 11.7. The zero-order valence-corrected chi connectivity index (χ0v) is 27.2. The third kappa shape index (κ3) is 7.78. The molecule has 3 aromatic carbocycles. The molecule has 0 aliphatic rings. The van der Waals surface area contributed by atoms with Crippen LogP contribution in [-0.2, 0) is 4.43 Å². The number of hydrogen-bond acceptors (Lipinski definition) is 4. The van der Waals surface area contributed by atoms with E-state index in [1.807, 2.05) is 38.1 Å². The smallest absolute Gasteiger partial charge is 0.261 e. The van der Waals surface area contributed by atoms with Crippen LogP contribution in [0, 0.1) is 13.8 Å². The first-order chi connectivity index (χ1) is 19.9. The van der Waals surface area contributed by atoms with E-state index in [-0.39, 0.29) is 18.3 Å². The second kappa shape index (κ2) is 14.8. The lowest BCUT2D eigenvalue weighted by Gasteiger charge is -2.43. The highest BCUT2D eigenvalue weighted by atomic mass is 28.4. The standard InChI is InChI=1S/C37H48O4Si/c1-8-30(25-31-23-27(2)36(40)28(3)24-31)19-20-35(39)34(21-22-38)29(4)26-41-42(37(5,6)7,32-15-11-9-12-16-32)33-17-13-10-14-18-33/h9-18,21,23-25,35,38-40H,4,8,19-20,22,26H2,1-3,5-7H3/b30-25+,34-21-. The Bertz CT molecular complexity index is 1320. The summed E-state index contributed by atoms with van der Waals surface area (Å²) in [6.45, 7) is 17.0. The zero-order valence-electron chi connectivity index (χ0n) is 26.2. The maximum absolute atomic E-state index is 11.3. The minimum absolute atomic E-state index is 0.179. The van der Waals surface area contributed by atoms with Gasteiger partial charge in [-0.1, -0.05) is 113 Å². The summed E-state index contributed by atoms with van der Waals surface area (Å²) in [6, 6.07) is 24.9. The molecule has 224 valence electrons. The third-order valence-electron chi connectivity index (χ3n) is 8.04. The quantitative estimate of drug-likeness (QED) is 0.150. The summed E-state index contributed by atoms with van der Waals surface area (Å²) in [6.07, 6.45) is 5.06. The Balaban J connectivity index is 1.84. The number of benzene rings is 3. The molecule has 0 amide bonds. The van der Waals surface area contributed by atoms with Crippen molar-refractivity contribution in [2.45, 2.75) is 71.9 Å². The molecular formula is C37H48O4Si. The van der Waals surface area contributed by atoms with Crippen LogP contribution < -0.4 is 10.4 Å². The van der Waals surface area contributed by atoms with E-state index in [4.69, 9.17) is 4.43 Å². The number of phenolic OH excluding ortho intramolecular Hbond substituents is 1. The fourth-order valence-electron chi connectivity index (χ4n) is 5.79. The molecule has 0 aliphatic heterocycles. The van der Waals surface area contributed by atoms with Crippen LogP contribution in [0.15, 0.2) is 102 Å². The Morgan fingerprint density at radius 3 is 1.93 bits per heavy atom. The number of rotatable bonds is 13. The van der Waals surface area contributed by atoms with E-state index >= 15 is 0 Å². The third-order valence-corrected chi connectivity index (χ3v) is 13.0.